The summed E-state index contributed by atoms with van der Waals surface area (Å²) in [6.07, 6.45) is 1.66. The van der Waals surface area contributed by atoms with Crippen molar-refractivity contribution in [2.45, 2.75) is 44.9 Å². The van der Waals surface area contributed by atoms with Crippen molar-refractivity contribution in [3.63, 3.8) is 0 Å². The highest BCUT2D eigenvalue weighted by Gasteiger charge is 2.36. The number of ether oxygens (including phenoxy) is 2. The number of fused-ring (bicyclic) bond motifs is 1. The molecular weight excluding hydrogens is 404 g/mol. The smallest absolute Gasteiger partial charge is 0.244 e. The third-order valence-corrected chi connectivity index (χ3v) is 6.35. The average Bonchev–Trinajstić information content (AvgIpc) is 2.66. The molecule has 1 aliphatic rings. The molecule has 7 nitrogen and oxygen atoms in total. The van der Waals surface area contributed by atoms with E-state index in [1.165, 1.54) is 7.11 Å². The Morgan fingerprint density at radius 2 is 1.83 bits per heavy atom. The quantitative estimate of drug-likeness (QED) is 0.757. The summed E-state index contributed by atoms with van der Waals surface area (Å²) in [6, 6.07) is 12.9. The number of benzene rings is 2. The van der Waals surface area contributed by atoms with Crippen molar-refractivity contribution in [2.24, 2.45) is 0 Å². The van der Waals surface area contributed by atoms with E-state index in [9.17, 15) is 13.2 Å². The number of amides is 1. The van der Waals surface area contributed by atoms with Crippen molar-refractivity contribution in [2.75, 3.05) is 17.7 Å². The lowest BCUT2D eigenvalue weighted by Crippen LogP contribution is -2.50. The summed E-state index contributed by atoms with van der Waals surface area (Å²) in [6.45, 7) is 5.51. The van der Waals surface area contributed by atoms with Crippen LogP contribution in [0.15, 0.2) is 48.5 Å². The lowest BCUT2D eigenvalue weighted by Gasteiger charge is -2.38. The molecule has 0 fully saturated rings. The standard InChI is InChI=1S/C22H28N2O5S/c1-15(24(30(5,26)27)16-10-12-17(28-4)13-11-16)21(25)23-19-14-22(2,3)29-20-9-7-6-8-18(19)20/h6-13,15,19H,14H2,1-5H3,(H,23,25)/t15-,19+/m0/s1. The van der Waals surface area contributed by atoms with E-state index in [-0.39, 0.29) is 11.9 Å². The molecule has 1 aliphatic heterocycles. The van der Waals surface area contributed by atoms with Gasteiger partial charge in [-0.25, -0.2) is 8.42 Å². The number of nitrogens with one attached hydrogen (secondary N) is 1. The van der Waals surface area contributed by atoms with Crippen LogP contribution >= 0.6 is 0 Å². The van der Waals surface area contributed by atoms with Crippen LogP contribution in [0.3, 0.4) is 0 Å². The number of methoxy groups -OCH3 is 1. The molecule has 0 radical (unpaired) electrons. The third kappa shape index (κ3) is 4.70. The van der Waals surface area contributed by atoms with Crippen molar-refractivity contribution < 1.29 is 22.7 Å². The van der Waals surface area contributed by atoms with E-state index in [1.807, 2.05) is 38.1 Å². The van der Waals surface area contributed by atoms with Crippen LogP contribution < -0.4 is 19.1 Å². The summed E-state index contributed by atoms with van der Waals surface area (Å²) in [4.78, 5) is 13.1. The highest BCUT2D eigenvalue weighted by Crippen LogP contribution is 2.39. The fourth-order valence-electron chi connectivity index (χ4n) is 3.76. The van der Waals surface area contributed by atoms with Crippen molar-refractivity contribution in [1.82, 2.24) is 5.32 Å². The van der Waals surface area contributed by atoms with Crippen molar-refractivity contribution >= 4 is 21.6 Å². The Bertz CT molecular complexity index is 1020. The molecule has 0 saturated carbocycles. The van der Waals surface area contributed by atoms with E-state index >= 15 is 0 Å². The Kier molecular flexibility index (Phi) is 5.99. The summed E-state index contributed by atoms with van der Waals surface area (Å²) >= 11 is 0. The van der Waals surface area contributed by atoms with E-state index < -0.39 is 21.7 Å². The predicted octanol–water partition coefficient (Wildman–Crippen LogP) is 3.27. The fourth-order valence-corrected chi connectivity index (χ4v) is 4.94. The van der Waals surface area contributed by atoms with Gasteiger partial charge in [0.15, 0.2) is 0 Å². The van der Waals surface area contributed by atoms with Gasteiger partial charge in [-0.3, -0.25) is 9.10 Å². The summed E-state index contributed by atoms with van der Waals surface area (Å²) in [5.74, 6) is 0.945. The normalized spacial score (nSPS) is 18.5. The largest absolute Gasteiger partial charge is 0.497 e. The first-order chi connectivity index (χ1) is 14.0. The molecule has 0 spiro atoms. The van der Waals surface area contributed by atoms with Crippen LogP contribution in [0.5, 0.6) is 11.5 Å². The molecule has 1 heterocycles. The number of hydrogen-bond donors (Lipinski definition) is 1. The number of carbonyl (C=O) groups excluding carboxylic acids is 1. The van der Waals surface area contributed by atoms with Crippen molar-refractivity contribution in [3.8, 4) is 11.5 Å². The maximum absolute atomic E-state index is 13.1. The van der Waals surface area contributed by atoms with Gasteiger partial charge >= 0.3 is 0 Å². The van der Waals surface area contributed by atoms with E-state index in [0.717, 1.165) is 21.9 Å². The molecule has 2 atom stereocenters. The molecule has 0 bridgehead atoms. The third-order valence-electron chi connectivity index (χ3n) is 5.11. The van der Waals surface area contributed by atoms with E-state index in [4.69, 9.17) is 9.47 Å². The van der Waals surface area contributed by atoms with E-state index in [1.54, 1.807) is 31.2 Å². The molecule has 0 unspecified atom stereocenters. The first kappa shape index (κ1) is 22.0. The van der Waals surface area contributed by atoms with Crippen molar-refractivity contribution in [1.29, 1.82) is 0 Å². The lowest BCUT2D eigenvalue weighted by atomic mass is 9.89. The van der Waals surface area contributed by atoms with Crippen LogP contribution in [0.2, 0.25) is 0 Å². The summed E-state index contributed by atoms with van der Waals surface area (Å²) in [5, 5.41) is 3.03. The number of para-hydroxylation sites is 1. The van der Waals surface area contributed by atoms with Gasteiger partial charge in [0.05, 0.1) is 25.1 Å². The number of sulfonamides is 1. The van der Waals surface area contributed by atoms with Crippen LogP contribution in [0.25, 0.3) is 0 Å². The highest BCUT2D eigenvalue weighted by atomic mass is 32.2. The topological polar surface area (TPSA) is 84.9 Å². The van der Waals surface area contributed by atoms with Gasteiger partial charge in [0, 0.05) is 12.0 Å². The predicted molar refractivity (Wildman–Crippen MR) is 116 cm³/mol. The second kappa shape index (κ2) is 8.18. The molecule has 0 aromatic heterocycles. The highest BCUT2D eigenvalue weighted by molar-refractivity contribution is 7.92. The maximum Gasteiger partial charge on any atom is 0.244 e. The van der Waals surface area contributed by atoms with Crippen molar-refractivity contribution in [3.05, 3.63) is 54.1 Å². The van der Waals surface area contributed by atoms with Crippen LogP contribution in [0.4, 0.5) is 5.69 Å². The van der Waals surface area contributed by atoms with Crippen LogP contribution in [-0.2, 0) is 14.8 Å². The molecule has 162 valence electrons. The van der Waals surface area contributed by atoms with Gasteiger partial charge in [0.1, 0.15) is 23.1 Å². The Labute approximate surface area is 178 Å². The minimum absolute atomic E-state index is 0.280. The molecule has 0 aliphatic carbocycles. The zero-order valence-electron chi connectivity index (χ0n) is 17.9. The fraction of sp³-hybridized carbons (Fsp3) is 0.409. The van der Waals surface area contributed by atoms with Gasteiger partial charge in [-0.2, -0.15) is 0 Å². The molecule has 8 heteroatoms. The SMILES string of the molecule is COc1ccc(N([C@@H](C)C(=O)N[C@@H]2CC(C)(C)Oc3ccccc32)S(C)(=O)=O)cc1. The molecule has 2 aromatic carbocycles. The summed E-state index contributed by atoms with van der Waals surface area (Å²) < 4.78 is 37.3. The Morgan fingerprint density at radius 1 is 1.20 bits per heavy atom. The molecule has 2 aromatic rings. The van der Waals surface area contributed by atoms with Crippen LogP contribution in [-0.4, -0.2) is 39.3 Å². The number of rotatable bonds is 6. The van der Waals surface area contributed by atoms with Gasteiger partial charge in [-0.05, 0) is 51.1 Å². The maximum atomic E-state index is 13.1. The van der Waals surface area contributed by atoms with Gasteiger partial charge in [-0.1, -0.05) is 18.2 Å². The number of hydrogen-bond acceptors (Lipinski definition) is 5. The molecular formula is C22H28N2O5S. The Morgan fingerprint density at radius 3 is 2.43 bits per heavy atom. The molecule has 30 heavy (non-hydrogen) atoms. The second-order valence-electron chi connectivity index (χ2n) is 8.10. The molecule has 1 N–H and O–H groups in total. The van der Waals surface area contributed by atoms with Gasteiger partial charge in [-0.15, -0.1) is 0 Å². The van der Waals surface area contributed by atoms with Gasteiger partial charge < -0.3 is 14.8 Å². The monoisotopic (exact) mass is 432 g/mol. The first-order valence-corrected chi connectivity index (χ1v) is 11.6. The molecule has 3 rings (SSSR count). The molecule has 1 amide bonds. The Hall–Kier alpha value is -2.74. The van der Waals surface area contributed by atoms with Gasteiger partial charge in [0.25, 0.3) is 0 Å². The Balaban J connectivity index is 1.87. The lowest BCUT2D eigenvalue weighted by molar-refractivity contribution is -0.123. The van der Waals surface area contributed by atoms with Crippen LogP contribution in [0.1, 0.15) is 38.8 Å². The molecule has 0 saturated heterocycles. The number of anilines is 1. The number of carbonyl (C=O) groups is 1. The zero-order chi connectivity index (χ0) is 22.1. The van der Waals surface area contributed by atoms with E-state index in [2.05, 4.69) is 5.32 Å². The minimum Gasteiger partial charge on any atom is -0.497 e. The van der Waals surface area contributed by atoms with Gasteiger partial charge in [0.2, 0.25) is 15.9 Å². The average molecular weight is 433 g/mol. The first-order valence-electron chi connectivity index (χ1n) is 9.73. The zero-order valence-corrected chi connectivity index (χ0v) is 18.7. The second-order valence-corrected chi connectivity index (χ2v) is 9.96. The number of nitrogens with zero attached hydrogens (tertiary/aromatic N) is 1. The summed E-state index contributed by atoms with van der Waals surface area (Å²) in [5.41, 5.74) is 0.823. The van der Waals surface area contributed by atoms with Crippen LogP contribution in [0, 0.1) is 0 Å². The summed E-state index contributed by atoms with van der Waals surface area (Å²) in [7, 11) is -2.16. The minimum atomic E-state index is -3.70. The van der Waals surface area contributed by atoms with E-state index in [0.29, 0.717) is 17.9 Å².